The van der Waals surface area contributed by atoms with Crippen LogP contribution in [0.2, 0.25) is 0 Å². The molecule has 0 radical (unpaired) electrons. The molecule has 238 valence electrons. The number of aldehydes is 1. The van der Waals surface area contributed by atoms with Crippen LogP contribution in [0.25, 0.3) is 0 Å². The molecule has 1 fully saturated rings. The van der Waals surface area contributed by atoms with Gasteiger partial charge in [-0.15, -0.1) is 5.10 Å². The Morgan fingerprint density at radius 1 is 0.932 bits per heavy atom. The molecule has 0 unspecified atom stereocenters. The van der Waals surface area contributed by atoms with Gasteiger partial charge in [-0.05, 0) is 98.4 Å². The summed E-state index contributed by atoms with van der Waals surface area (Å²) < 4.78 is 82.4. The van der Waals surface area contributed by atoms with E-state index in [0.29, 0.717) is 12.3 Å². The molecule has 0 saturated heterocycles. The number of carbonyl (C=O) groups is 1. The number of nitrogens with zero attached hydrogens (tertiary/aromatic N) is 6. The van der Waals surface area contributed by atoms with E-state index in [2.05, 4.69) is 26.4 Å². The first-order chi connectivity index (χ1) is 20.7. The van der Waals surface area contributed by atoms with Crippen molar-refractivity contribution in [2.45, 2.75) is 77.3 Å². The molecule has 1 atom stereocenters. The molecule has 7 nitrogen and oxygen atoms in total. The molecule has 0 spiro atoms. The Labute approximate surface area is 252 Å². The number of halogens is 6. The zero-order chi connectivity index (χ0) is 31.8. The summed E-state index contributed by atoms with van der Waals surface area (Å²) in [5.74, 6) is 0.646. The maximum atomic E-state index is 13.7. The standard InChI is InChI=1S/C31H36F6N6O/c1-19-11-20(2)28-26(12-19)27(5-4-10-42(28)16-21-6-8-22(18-44)9-7-21)43(29-38-40-41(3)39-29)17-23-13-24(30(32,33)34)15-25(14-23)31(35,36)37/h11-15,18,21-22,27H,4-10,16-17H2,1-3H3/t21-,22-,27-/m0/s1. The summed E-state index contributed by atoms with van der Waals surface area (Å²) in [5.41, 5.74) is 1.10. The van der Waals surface area contributed by atoms with Crippen molar-refractivity contribution in [2.24, 2.45) is 18.9 Å². The lowest BCUT2D eigenvalue weighted by Gasteiger charge is -2.35. The van der Waals surface area contributed by atoms with Crippen LogP contribution in [-0.4, -0.2) is 39.6 Å². The van der Waals surface area contributed by atoms with Gasteiger partial charge in [0.25, 0.3) is 5.95 Å². The highest BCUT2D eigenvalue weighted by molar-refractivity contribution is 5.64. The van der Waals surface area contributed by atoms with Crippen molar-refractivity contribution in [2.75, 3.05) is 22.9 Å². The van der Waals surface area contributed by atoms with Gasteiger partial charge in [0.2, 0.25) is 0 Å². The summed E-state index contributed by atoms with van der Waals surface area (Å²) in [6.45, 7) is 5.25. The third-order valence-electron chi connectivity index (χ3n) is 8.75. The van der Waals surface area contributed by atoms with Gasteiger partial charge < -0.3 is 14.6 Å². The largest absolute Gasteiger partial charge is 0.416 e. The van der Waals surface area contributed by atoms with Gasteiger partial charge >= 0.3 is 12.4 Å². The van der Waals surface area contributed by atoms with E-state index in [4.69, 9.17) is 0 Å². The summed E-state index contributed by atoms with van der Waals surface area (Å²) in [4.78, 5) is 16.5. The van der Waals surface area contributed by atoms with Crippen LogP contribution in [0.3, 0.4) is 0 Å². The van der Waals surface area contributed by atoms with Gasteiger partial charge in [-0.1, -0.05) is 22.8 Å². The van der Waals surface area contributed by atoms with Crippen LogP contribution in [-0.2, 0) is 30.7 Å². The first kappa shape index (κ1) is 31.8. The van der Waals surface area contributed by atoms with Crippen molar-refractivity contribution in [3.8, 4) is 0 Å². The summed E-state index contributed by atoms with van der Waals surface area (Å²) in [6.07, 6.45) is -3.91. The van der Waals surface area contributed by atoms with E-state index >= 15 is 0 Å². The molecule has 0 amide bonds. The Kier molecular flexibility index (Phi) is 8.95. The molecular formula is C31H36F6N6O. The molecule has 5 rings (SSSR count). The Balaban J connectivity index is 1.57. The smallest absolute Gasteiger partial charge is 0.371 e. The average molecular weight is 623 g/mol. The number of hydrogen-bond acceptors (Lipinski definition) is 6. The molecule has 1 aliphatic heterocycles. The molecular weight excluding hydrogens is 586 g/mol. The van der Waals surface area contributed by atoms with Crippen molar-refractivity contribution in [3.05, 3.63) is 63.7 Å². The van der Waals surface area contributed by atoms with Crippen LogP contribution < -0.4 is 9.80 Å². The maximum Gasteiger partial charge on any atom is 0.416 e. The number of hydrogen-bond donors (Lipinski definition) is 0. The summed E-state index contributed by atoms with van der Waals surface area (Å²) in [5, 5.41) is 12.4. The molecule has 1 aliphatic carbocycles. The Bertz CT molecular complexity index is 1450. The Morgan fingerprint density at radius 2 is 1.59 bits per heavy atom. The SMILES string of the molecule is Cc1cc(C)c2c(c1)[C@@H](N(Cc1cc(C(F)(F)F)cc(C(F)(F)F)c1)c1nnn(C)n1)CCCN2C[C@H]1CC[C@H](C=O)CC1. The van der Waals surface area contributed by atoms with E-state index in [-0.39, 0.29) is 30.0 Å². The molecule has 2 heterocycles. The van der Waals surface area contributed by atoms with Gasteiger partial charge in [0.05, 0.1) is 24.2 Å². The number of benzene rings is 2. The normalized spacial score (nSPS) is 21.1. The number of anilines is 2. The maximum absolute atomic E-state index is 13.7. The van der Waals surface area contributed by atoms with Crippen molar-refractivity contribution in [1.29, 1.82) is 0 Å². The summed E-state index contributed by atoms with van der Waals surface area (Å²) in [6, 6.07) is 5.37. The number of tetrazole rings is 1. The van der Waals surface area contributed by atoms with Crippen LogP contribution in [0.1, 0.15) is 77.9 Å². The molecule has 13 heteroatoms. The highest BCUT2D eigenvalue weighted by atomic mass is 19.4. The fraction of sp³-hybridized carbons (Fsp3) is 0.548. The van der Waals surface area contributed by atoms with Crippen LogP contribution in [0.5, 0.6) is 0 Å². The predicted molar refractivity (Wildman–Crippen MR) is 153 cm³/mol. The Morgan fingerprint density at radius 3 is 2.16 bits per heavy atom. The fourth-order valence-corrected chi connectivity index (χ4v) is 6.76. The lowest BCUT2D eigenvalue weighted by molar-refractivity contribution is -0.143. The fourth-order valence-electron chi connectivity index (χ4n) is 6.76. The van der Waals surface area contributed by atoms with Crippen LogP contribution in [0, 0.1) is 25.7 Å². The predicted octanol–water partition coefficient (Wildman–Crippen LogP) is 7.22. The first-order valence-electron chi connectivity index (χ1n) is 14.8. The minimum absolute atomic E-state index is 0.109. The van der Waals surface area contributed by atoms with E-state index in [0.717, 1.165) is 86.0 Å². The van der Waals surface area contributed by atoms with Crippen LogP contribution in [0.15, 0.2) is 30.3 Å². The minimum Gasteiger partial charge on any atom is -0.371 e. The zero-order valence-corrected chi connectivity index (χ0v) is 24.9. The first-order valence-corrected chi connectivity index (χ1v) is 14.8. The zero-order valence-electron chi connectivity index (χ0n) is 24.9. The number of aryl methyl sites for hydroxylation is 3. The molecule has 1 aromatic heterocycles. The van der Waals surface area contributed by atoms with Crippen molar-refractivity contribution < 1.29 is 31.1 Å². The number of fused-ring (bicyclic) bond motifs is 1. The number of carbonyl (C=O) groups excluding carboxylic acids is 1. The number of aromatic nitrogens is 4. The third-order valence-corrected chi connectivity index (χ3v) is 8.75. The molecule has 2 aromatic carbocycles. The topological polar surface area (TPSA) is 67.2 Å². The highest BCUT2D eigenvalue weighted by Crippen LogP contribution is 2.43. The quantitative estimate of drug-likeness (QED) is 0.205. The van der Waals surface area contributed by atoms with E-state index in [1.54, 1.807) is 11.9 Å². The summed E-state index contributed by atoms with van der Waals surface area (Å²) >= 11 is 0. The number of alkyl halides is 6. The second-order valence-electron chi connectivity index (χ2n) is 12.2. The Hall–Kier alpha value is -3.64. The van der Waals surface area contributed by atoms with E-state index in [1.165, 1.54) is 4.80 Å². The van der Waals surface area contributed by atoms with Gasteiger partial charge in [-0.2, -0.15) is 31.1 Å². The highest BCUT2D eigenvalue weighted by Gasteiger charge is 2.38. The molecule has 0 bridgehead atoms. The van der Waals surface area contributed by atoms with Gasteiger partial charge in [-0.3, -0.25) is 0 Å². The van der Waals surface area contributed by atoms with E-state index < -0.39 is 29.5 Å². The molecule has 44 heavy (non-hydrogen) atoms. The van der Waals surface area contributed by atoms with Crippen molar-refractivity contribution in [3.63, 3.8) is 0 Å². The van der Waals surface area contributed by atoms with Crippen LogP contribution >= 0.6 is 0 Å². The second-order valence-corrected chi connectivity index (χ2v) is 12.2. The molecule has 2 aliphatic rings. The van der Waals surface area contributed by atoms with E-state index in [1.807, 2.05) is 19.9 Å². The number of rotatable bonds is 7. The van der Waals surface area contributed by atoms with Gasteiger partial charge in [0.15, 0.2) is 0 Å². The second kappa shape index (κ2) is 12.4. The lowest BCUT2D eigenvalue weighted by atomic mass is 9.82. The van der Waals surface area contributed by atoms with Gasteiger partial charge in [0.1, 0.15) is 6.29 Å². The monoisotopic (exact) mass is 622 g/mol. The lowest BCUT2D eigenvalue weighted by Crippen LogP contribution is -2.33. The molecule has 3 aromatic rings. The van der Waals surface area contributed by atoms with Gasteiger partial charge in [0, 0.05) is 31.2 Å². The van der Waals surface area contributed by atoms with Crippen molar-refractivity contribution >= 4 is 17.9 Å². The van der Waals surface area contributed by atoms with Crippen LogP contribution in [0.4, 0.5) is 38.0 Å². The molecule has 1 saturated carbocycles. The van der Waals surface area contributed by atoms with E-state index in [9.17, 15) is 31.1 Å². The third kappa shape index (κ3) is 7.02. The minimum atomic E-state index is -4.96. The van der Waals surface area contributed by atoms with Gasteiger partial charge in [-0.25, -0.2) is 0 Å². The van der Waals surface area contributed by atoms with Crippen molar-refractivity contribution in [1.82, 2.24) is 20.2 Å². The summed E-state index contributed by atoms with van der Waals surface area (Å²) in [7, 11) is 1.55. The molecule has 0 N–H and O–H groups in total. The average Bonchev–Trinajstić information content (AvgIpc) is 3.30.